The summed E-state index contributed by atoms with van der Waals surface area (Å²) in [6.07, 6.45) is 1.82. The first-order valence-electron chi connectivity index (χ1n) is 14.2. The fraction of sp³-hybridized carbons (Fsp3) is 0. The minimum atomic E-state index is 0.662. The zero-order chi connectivity index (χ0) is 28.8. The molecule has 8 aromatic rings. The van der Waals surface area contributed by atoms with Crippen molar-refractivity contribution in [2.24, 2.45) is 0 Å². The average molecular weight is 549 g/mol. The maximum absolute atomic E-state index is 9.23. The van der Waals surface area contributed by atoms with E-state index in [4.69, 9.17) is 4.98 Å². The van der Waals surface area contributed by atoms with Gasteiger partial charge in [-0.1, -0.05) is 97.1 Å². The average Bonchev–Trinajstić information content (AvgIpc) is 3.49. The molecule has 0 amide bonds. The molecule has 0 N–H and O–H groups in total. The van der Waals surface area contributed by atoms with Gasteiger partial charge in [-0.15, -0.1) is 0 Å². The Balaban J connectivity index is 1.28. The second-order valence-electron chi connectivity index (χ2n) is 10.6. The van der Waals surface area contributed by atoms with Gasteiger partial charge in [-0.25, -0.2) is 4.98 Å². The summed E-state index contributed by atoms with van der Waals surface area (Å²) in [5.74, 6) is 0. The van der Waals surface area contributed by atoms with Gasteiger partial charge in [-0.05, 0) is 80.9 Å². The third kappa shape index (κ3) is 4.15. The van der Waals surface area contributed by atoms with Crippen molar-refractivity contribution in [3.8, 4) is 51.0 Å². The van der Waals surface area contributed by atoms with Gasteiger partial charge in [0.1, 0.15) is 11.3 Å². The SMILES string of the molecule is N#Cc1ccc(-c2ccc(-c3ccc(-c4c(-c5ccccn5)nc5ccc6ccccc6n45)cc3)c3ccccc23)cc1. The number of hydrogen-bond acceptors (Lipinski definition) is 3. The number of benzene rings is 5. The van der Waals surface area contributed by atoms with Crippen LogP contribution in [0.5, 0.6) is 0 Å². The van der Waals surface area contributed by atoms with Gasteiger partial charge >= 0.3 is 0 Å². The maximum Gasteiger partial charge on any atom is 0.138 e. The standard InChI is InChI=1S/C39H24N4/c40-25-26-12-14-27(15-13-26)31-21-22-32(34-9-3-2-8-33(31)34)28-16-18-30(19-17-28)39-38(35-10-5-6-24-41-35)42-37-23-20-29-7-1-4-11-36(29)43(37)39/h1-24H. The minimum absolute atomic E-state index is 0.662. The van der Waals surface area contributed by atoms with Crippen molar-refractivity contribution >= 4 is 27.3 Å². The van der Waals surface area contributed by atoms with Crippen LogP contribution < -0.4 is 0 Å². The van der Waals surface area contributed by atoms with E-state index in [1.807, 2.05) is 48.7 Å². The van der Waals surface area contributed by atoms with E-state index in [9.17, 15) is 5.26 Å². The first kappa shape index (κ1) is 24.7. The second kappa shape index (κ2) is 10.1. The monoisotopic (exact) mass is 548 g/mol. The van der Waals surface area contributed by atoms with Gasteiger partial charge in [0.2, 0.25) is 0 Å². The molecule has 8 rings (SSSR count). The highest BCUT2D eigenvalue weighted by Crippen LogP contribution is 2.38. The Bertz CT molecular complexity index is 2330. The highest BCUT2D eigenvalue weighted by Gasteiger charge is 2.19. The van der Waals surface area contributed by atoms with Crippen LogP contribution in [0.15, 0.2) is 146 Å². The number of aromatic nitrogens is 3. The number of nitriles is 1. The highest BCUT2D eigenvalue weighted by molar-refractivity contribution is 6.05. The summed E-state index contributed by atoms with van der Waals surface area (Å²) in [7, 11) is 0. The predicted octanol–water partition coefficient (Wildman–Crippen LogP) is 9.58. The van der Waals surface area contributed by atoms with E-state index in [-0.39, 0.29) is 0 Å². The number of pyridine rings is 2. The third-order valence-corrected chi connectivity index (χ3v) is 8.12. The fourth-order valence-electron chi connectivity index (χ4n) is 6.07. The van der Waals surface area contributed by atoms with E-state index in [2.05, 4.69) is 113 Å². The van der Waals surface area contributed by atoms with Crippen LogP contribution in [0.2, 0.25) is 0 Å². The molecule has 0 aliphatic rings. The van der Waals surface area contributed by atoms with Crippen LogP contribution in [0, 0.1) is 11.3 Å². The lowest BCUT2D eigenvalue weighted by Gasteiger charge is -2.13. The van der Waals surface area contributed by atoms with Crippen LogP contribution in [0.1, 0.15) is 5.56 Å². The number of hydrogen-bond donors (Lipinski definition) is 0. The molecule has 0 spiro atoms. The lowest BCUT2D eigenvalue weighted by molar-refractivity contribution is 1.26. The Hall–Kier alpha value is -6.05. The lowest BCUT2D eigenvalue weighted by Crippen LogP contribution is -1.93. The summed E-state index contributed by atoms with van der Waals surface area (Å²) in [5.41, 5.74) is 11.0. The van der Waals surface area contributed by atoms with Crippen molar-refractivity contribution in [3.63, 3.8) is 0 Å². The van der Waals surface area contributed by atoms with Crippen molar-refractivity contribution in [1.29, 1.82) is 5.26 Å². The second-order valence-corrected chi connectivity index (χ2v) is 10.6. The Kier molecular flexibility index (Phi) is 5.80. The Morgan fingerprint density at radius 3 is 1.86 bits per heavy atom. The predicted molar refractivity (Wildman–Crippen MR) is 174 cm³/mol. The molecule has 0 bridgehead atoms. The molecule has 43 heavy (non-hydrogen) atoms. The first-order valence-corrected chi connectivity index (χ1v) is 14.2. The lowest BCUT2D eigenvalue weighted by atomic mass is 9.91. The molecule has 0 unspecified atom stereocenters. The summed E-state index contributed by atoms with van der Waals surface area (Å²) in [4.78, 5) is 9.72. The molecule has 5 aromatic carbocycles. The first-order chi connectivity index (χ1) is 21.3. The van der Waals surface area contributed by atoms with E-state index < -0.39 is 0 Å². The molecule has 0 fully saturated rings. The molecular weight excluding hydrogens is 524 g/mol. The molecule has 0 radical (unpaired) electrons. The van der Waals surface area contributed by atoms with Gasteiger partial charge < -0.3 is 0 Å². The molecule has 0 saturated carbocycles. The van der Waals surface area contributed by atoms with E-state index in [0.29, 0.717) is 5.56 Å². The highest BCUT2D eigenvalue weighted by atomic mass is 15.0. The summed E-state index contributed by atoms with van der Waals surface area (Å²) in [6, 6.07) is 50.3. The van der Waals surface area contributed by atoms with Gasteiger partial charge in [-0.2, -0.15) is 5.26 Å². The van der Waals surface area contributed by atoms with Crippen LogP contribution in [-0.4, -0.2) is 14.4 Å². The summed E-state index contributed by atoms with van der Waals surface area (Å²) >= 11 is 0. The van der Waals surface area contributed by atoms with Crippen LogP contribution in [0.4, 0.5) is 0 Å². The van der Waals surface area contributed by atoms with Crippen LogP contribution >= 0.6 is 0 Å². The van der Waals surface area contributed by atoms with Crippen LogP contribution in [-0.2, 0) is 0 Å². The molecular formula is C39H24N4. The molecule has 0 atom stereocenters. The van der Waals surface area contributed by atoms with Gasteiger partial charge in [0.25, 0.3) is 0 Å². The molecule has 3 aromatic heterocycles. The van der Waals surface area contributed by atoms with Gasteiger partial charge in [0.05, 0.1) is 28.5 Å². The zero-order valence-electron chi connectivity index (χ0n) is 23.1. The fourth-order valence-corrected chi connectivity index (χ4v) is 6.07. The Labute approximate surface area is 248 Å². The van der Waals surface area contributed by atoms with E-state index >= 15 is 0 Å². The number of rotatable bonds is 4. The van der Waals surface area contributed by atoms with E-state index in [1.165, 1.54) is 16.3 Å². The molecule has 4 nitrogen and oxygen atoms in total. The summed E-state index contributed by atoms with van der Waals surface area (Å²) in [5, 5.41) is 12.8. The van der Waals surface area contributed by atoms with E-state index in [1.54, 1.807) is 0 Å². The summed E-state index contributed by atoms with van der Waals surface area (Å²) in [6.45, 7) is 0. The Morgan fingerprint density at radius 2 is 1.19 bits per heavy atom. The summed E-state index contributed by atoms with van der Waals surface area (Å²) < 4.78 is 2.25. The number of nitrogens with zero attached hydrogens (tertiary/aromatic N) is 4. The normalized spacial score (nSPS) is 11.2. The molecule has 4 heteroatoms. The van der Waals surface area contributed by atoms with Crippen LogP contribution in [0.3, 0.4) is 0 Å². The van der Waals surface area contributed by atoms with Gasteiger partial charge in [0.15, 0.2) is 0 Å². The minimum Gasteiger partial charge on any atom is -0.292 e. The molecule has 0 aliphatic heterocycles. The molecule has 3 heterocycles. The van der Waals surface area contributed by atoms with Gasteiger partial charge in [0, 0.05) is 11.8 Å². The topological polar surface area (TPSA) is 54.0 Å². The van der Waals surface area contributed by atoms with Crippen molar-refractivity contribution in [2.75, 3.05) is 0 Å². The molecule has 0 saturated heterocycles. The Morgan fingerprint density at radius 1 is 0.558 bits per heavy atom. The van der Waals surface area contributed by atoms with Crippen LogP contribution in [0.25, 0.3) is 72.2 Å². The molecule has 0 aliphatic carbocycles. The van der Waals surface area contributed by atoms with Crippen molar-refractivity contribution in [2.45, 2.75) is 0 Å². The smallest absolute Gasteiger partial charge is 0.138 e. The molecule has 200 valence electrons. The quantitative estimate of drug-likeness (QED) is 0.220. The van der Waals surface area contributed by atoms with Gasteiger partial charge in [-0.3, -0.25) is 9.38 Å². The van der Waals surface area contributed by atoms with Crippen molar-refractivity contribution in [3.05, 3.63) is 151 Å². The number of fused-ring (bicyclic) bond motifs is 4. The maximum atomic E-state index is 9.23. The van der Waals surface area contributed by atoms with E-state index in [0.717, 1.165) is 55.9 Å². The third-order valence-electron chi connectivity index (χ3n) is 8.12. The van der Waals surface area contributed by atoms with Crippen molar-refractivity contribution in [1.82, 2.24) is 14.4 Å². The largest absolute Gasteiger partial charge is 0.292 e. The van der Waals surface area contributed by atoms with Crippen molar-refractivity contribution < 1.29 is 0 Å². The zero-order valence-corrected chi connectivity index (χ0v) is 23.1. The number of para-hydroxylation sites is 1. The number of imidazole rings is 1.